The summed E-state index contributed by atoms with van der Waals surface area (Å²) < 4.78 is 49.5. The first-order chi connectivity index (χ1) is 28.0. The van der Waals surface area contributed by atoms with Crippen LogP contribution in [0.3, 0.4) is 0 Å². The average molecular weight is 862 g/mol. The van der Waals surface area contributed by atoms with Gasteiger partial charge in [0, 0.05) is 42.9 Å². The van der Waals surface area contributed by atoms with Gasteiger partial charge in [-0.25, -0.2) is 0 Å². The van der Waals surface area contributed by atoms with E-state index in [1.165, 1.54) is 6.07 Å². The van der Waals surface area contributed by atoms with E-state index >= 15 is 0 Å². The quantitative estimate of drug-likeness (QED) is 0.181. The molecule has 17 nitrogen and oxygen atoms in total. The Hall–Kier alpha value is -3.75. The predicted octanol–water partition coefficient (Wildman–Crippen LogP) is -0.00380. The molecule has 2 aliphatic carbocycles. The standard InChI is InChI=1S/C42H51NO16.ClH/c1-8-42(51)15-27(30-19(34(42)40(50)52-7)11-20-31(36(30)48)37(49)33-23(45)10-9-22(44)32(33)35(20)47)57-28-12-21(43(5)6)38(17(3)53-28)58-29-14-25-39(18(4)54-29)59-41-26(56-25)13-24(46)16(2)55-41;/h9-11,16-18,21,25-29,34,38-39,41,44-45,48,51H,8,12-15H2,1-7H3;1H/t16?,17?,18?,21?,25?,26?,27-,28?,29?,34-,38?,39?,41?,42+;/m0./s1. The molecule has 18 heteroatoms. The second kappa shape index (κ2) is 16.5. The lowest BCUT2D eigenvalue weighted by molar-refractivity contribution is -0.371. The third-order valence-electron chi connectivity index (χ3n) is 12.9. The molecule has 60 heavy (non-hydrogen) atoms. The SMILES string of the molecule is CC[C@@]1(O)C[C@H](OC2CC(N(C)C)C(OC3CC4OC5CC(=O)C(C)OC5OC4C(C)O3)C(C)O2)c2c(cc3c(c2O)C(=O)c2c(O)ccc(O)c2C3=O)[C@H]1C(=O)OC.[Cl-].[H+]. The zero-order valence-electron chi connectivity index (χ0n) is 35.3. The highest BCUT2D eigenvalue weighted by Gasteiger charge is 2.55. The van der Waals surface area contributed by atoms with Crippen molar-refractivity contribution in [3.8, 4) is 17.2 Å². The highest BCUT2D eigenvalue weighted by atomic mass is 35.5. The van der Waals surface area contributed by atoms with Crippen LogP contribution in [-0.4, -0.2) is 143 Å². The third kappa shape index (κ3) is 7.29. The number of ketones is 3. The van der Waals surface area contributed by atoms with Crippen molar-refractivity contribution in [3.63, 3.8) is 0 Å². The van der Waals surface area contributed by atoms with Gasteiger partial charge >= 0.3 is 7.40 Å². The zero-order chi connectivity index (χ0) is 42.4. The summed E-state index contributed by atoms with van der Waals surface area (Å²) in [5.74, 6) is -5.88. The van der Waals surface area contributed by atoms with E-state index in [0.717, 1.165) is 19.2 Å². The van der Waals surface area contributed by atoms with Crippen LogP contribution in [0.2, 0.25) is 0 Å². The number of phenols is 3. The fraction of sp³-hybridized carbons (Fsp3) is 0.619. The Balaban J connectivity index is 0.00000311. The molecule has 14 atom stereocenters. The van der Waals surface area contributed by atoms with Gasteiger partial charge in [-0.05, 0) is 65.0 Å². The molecule has 2 aromatic carbocycles. The zero-order valence-corrected chi connectivity index (χ0v) is 35.0. The number of fused-ring (bicyclic) bond motifs is 5. The Morgan fingerprint density at radius 2 is 1.53 bits per heavy atom. The van der Waals surface area contributed by atoms with Crippen molar-refractivity contribution in [3.05, 3.63) is 51.6 Å². The first-order valence-corrected chi connectivity index (χ1v) is 20.1. The number of nitrogens with zero attached hydrogens (tertiary/aromatic N) is 1. The Morgan fingerprint density at radius 3 is 2.18 bits per heavy atom. The highest BCUT2D eigenvalue weighted by Crippen LogP contribution is 2.54. The van der Waals surface area contributed by atoms with Crippen LogP contribution < -0.4 is 12.4 Å². The van der Waals surface area contributed by atoms with Gasteiger partial charge in [0.25, 0.3) is 0 Å². The minimum atomic E-state index is -1.80. The molecule has 11 unspecified atom stereocenters. The average Bonchev–Trinajstić information content (AvgIpc) is 3.18. The van der Waals surface area contributed by atoms with Crippen molar-refractivity contribution in [1.29, 1.82) is 0 Å². The number of benzene rings is 2. The van der Waals surface area contributed by atoms with E-state index in [1.54, 1.807) is 13.8 Å². The minimum Gasteiger partial charge on any atom is -1.00 e. The van der Waals surface area contributed by atoms with Crippen molar-refractivity contribution >= 4 is 23.3 Å². The molecule has 328 valence electrons. The summed E-state index contributed by atoms with van der Waals surface area (Å²) in [5, 5.41) is 45.4. The van der Waals surface area contributed by atoms with Crippen molar-refractivity contribution in [2.45, 2.75) is 145 Å². The predicted molar refractivity (Wildman–Crippen MR) is 202 cm³/mol. The minimum absolute atomic E-state index is 0. The summed E-state index contributed by atoms with van der Waals surface area (Å²) in [5.41, 5.74) is -3.51. The summed E-state index contributed by atoms with van der Waals surface area (Å²) in [4.78, 5) is 55.7. The lowest BCUT2D eigenvalue weighted by Gasteiger charge is -2.51. The molecule has 0 aromatic heterocycles. The van der Waals surface area contributed by atoms with Crippen LogP contribution in [0.1, 0.15) is 116 Å². The molecule has 4 N–H and O–H groups in total. The molecule has 4 heterocycles. The topological polar surface area (TPSA) is 226 Å². The van der Waals surface area contributed by atoms with Crippen LogP contribution in [0.15, 0.2) is 18.2 Å². The number of carbonyl (C=O) groups is 4. The number of Topliss-reactive ketones (excluding diaryl/α,β-unsaturated/α-hetero) is 1. The van der Waals surface area contributed by atoms with Crippen LogP contribution >= 0.6 is 0 Å². The molecule has 0 saturated carbocycles. The lowest BCUT2D eigenvalue weighted by Crippen LogP contribution is -3.00. The van der Waals surface area contributed by atoms with Gasteiger partial charge in [0.1, 0.15) is 47.6 Å². The number of hydrogen-bond acceptors (Lipinski definition) is 17. The summed E-state index contributed by atoms with van der Waals surface area (Å²) in [6, 6.07) is 3.08. The first-order valence-electron chi connectivity index (χ1n) is 20.1. The molecular weight excluding hydrogens is 810 g/mol. The van der Waals surface area contributed by atoms with Gasteiger partial charge in [0.2, 0.25) is 5.78 Å². The molecule has 2 aromatic rings. The summed E-state index contributed by atoms with van der Waals surface area (Å²) in [6.45, 7) is 7.07. The molecule has 8 rings (SSSR count). The number of aliphatic hydroxyl groups is 1. The van der Waals surface area contributed by atoms with Crippen LogP contribution in [0.25, 0.3) is 0 Å². The second-order valence-corrected chi connectivity index (χ2v) is 16.7. The summed E-state index contributed by atoms with van der Waals surface area (Å²) in [7, 11) is 4.92. The summed E-state index contributed by atoms with van der Waals surface area (Å²) >= 11 is 0. The molecule has 6 aliphatic rings. The molecule has 0 amide bonds. The number of phenolic OH excluding ortho intramolecular Hbond substituents is 3. The number of rotatable bonds is 7. The Morgan fingerprint density at radius 1 is 0.883 bits per heavy atom. The van der Waals surface area contributed by atoms with Crippen molar-refractivity contribution < 1.29 is 91.3 Å². The number of carbonyl (C=O) groups excluding carboxylic acids is 4. The van der Waals surface area contributed by atoms with Crippen LogP contribution in [0.5, 0.6) is 17.2 Å². The van der Waals surface area contributed by atoms with Crippen LogP contribution in [0.4, 0.5) is 0 Å². The van der Waals surface area contributed by atoms with Crippen LogP contribution in [-0.2, 0) is 47.5 Å². The molecule has 0 bridgehead atoms. The van der Waals surface area contributed by atoms with E-state index in [9.17, 15) is 39.6 Å². The van der Waals surface area contributed by atoms with Gasteiger partial charge in [0.15, 0.2) is 30.4 Å². The lowest BCUT2D eigenvalue weighted by atomic mass is 9.67. The Bertz CT molecular complexity index is 2070. The molecule has 4 saturated heterocycles. The van der Waals surface area contributed by atoms with Gasteiger partial charge in [0.05, 0.1) is 53.8 Å². The third-order valence-corrected chi connectivity index (χ3v) is 12.9. The molecular formula is C42H52ClNO16. The second-order valence-electron chi connectivity index (χ2n) is 16.7. The first kappa shape index (κ1) is 44.3. The van der Waals surface area contributed by atoms with E-state index < -0.39 is 131 Å². The summed E-state index contributed by atoms with van der Waals surface area (Å²) in [6.07, 6.45) is -6.48. The van der Waals surface area contributed by atoms with Crippen molar-refractivity contribution in [2.24, 2.45) is 0 Å². The maximum absolute atomic E-state index is 14.0. The molecule has 4 fully saturated rings. The maximum atomic E-state index is 14.0. The number of ether oxygens (including phenoxy) is 8. The van der Waals surface area contributed by atoms with Crippen molar-refractivity contribution in [1.82, 2.24) is 4.90 Å². The number of methoxy groups -OCH3 is 1. The molecule has 0 radical (unpaired) electrons. The Kier molecular flexibility index (Phi) is 12.2. The van der Waals surface area contributed by atoms with E-state index in [1.807, 2.05) is 32.8 Å². The fourth-order valence-electron chi connectivity index (χ4n) is 9.77. The maximum Gasteiger partial charge on any atom is 1.00 e. The fourth-order valence-corrected chi connectivity index (χ4v) is 9.77. The number of esters is 1. The largest absolute Gasteiger partial charge is 1.00 e. The van der Waals surface area contributed by atoms with Gasteiger partial charge in [-0.3, -0.25) is 19.2 Å². The van der Waals surface area contributed by atoms with Gasteiger partial charge < -0.3 is 75.6 Å². The normalized spacial score (nSPS) is 37.2. The number of aromatic hydroxyl groups is 3. The van der Waals surface area contributed by atoms with Gasteiger partial charge in [-0.1, -0.05) is 6.92 Å². The van der Waals surface area contributed by atoms with Crippen molar-refractivity contribution in [2.75, 3.05) is 21.2 Å². The van der Waals surface area contributed by atoms with E-state index in [0.29, 0.717) is 6.42 Å². The van der Waals surface area contributed by atoms with E-state index in [4.69, 9.17) is 37.9 Å². The van der Waals surface area contributed by atoms with E-state index in [-0.39, 0.29) is 68.0 Å². The number of hydrogen-bond donors (Lipinski definition) is 4. The highest BCUT2D eigenvalue weighted by molar-refractivity contribution is 6.31. The number of likely N-dealkylation sites (N-methyl/N-ethyl adjacent to an activating group) is 1. The molecule has 4 aliphatic heterocycles. The smallest absolute Gasteiger partial charge is 1.00 e. The van der Waals surface area contributed by atoms with Gasteiger partial charge in [-0.2, -0.15) is 0 Å². The molecule has 0 spiro atoms. The van der Waals surface area contributed by atoms with Gasteiger partial charge in [-0.15, -0.1) is 0 Å². The Labute approximate surface area is 354 Å². The number of halogens is 1. The van der Waals surface area contributed by atoms with E-state index in [2.05, 4.69) is 0 Å². The van der Waals surface area contributed by atoms with Crippen LogP contribution in [0, 0.1) is 0 Å². The monoisotopic (exact) mass is 861 g/mol.